The first-order chi connectivity index (χ1) is 9.75. The van der Waals surface area contributed by atoms with Gasteiger partial charge in [0.15, 0.2) is 0 Å². The van der Waals surface area contributed by atoms with Crippen molar-refractivity contribution in [3.63, 3.8) is 0 Å². The van der Waals surface area contributed by atoms with Gasteiger partial charge in [-0.1, -0.05) is 6.42 Å². The Kier molecular flexibility index (Phi) is 6.76. The minimum Gasteiger partial charge on any atom is -0.379 e. The maximum absolute atomic E-state index is 5.65. The Hall–Kier alpha value is 0.130. The van der Waals surface area contributed by atoms with Crippen LogP contribution < -0.4 is 10.6 Å². The molecule has 3 rings (SSSR count). The third-order valence-corrected chi connectivity index (χ3v) is 5.53. The van der Waals surface area contributed by atoms with Crippen LogP contribution in [0.3, 0.4) is 0 Å². The lowest BCUT2D eigenvalue weighted by atomic mass is 9.94. The molecule has 2 saturated carbocycles. The van der Waals surface area contributed by atoms with Crippen LogP contribution in [0.5, 0.6) is 0 Å². The van der Waals surface area contributed by atoms with Gasteiger partial charge in [0.1, 0.15) is 0 Å². The average molecular weight is 318 g/mol. The first kappa shape index (κ1) is 17.5. The number of nitrogens with zero attached hydrogens (tertiary/aromatic N) is 1. The van der Waals surface area contributed by atoms with E-state index in [4.69, 9.17) is 4.74 Å². The van der Waals surface area contributed by atoms with Gasteiger partial charge in [-0.25, -0.2) is 0 Å². The number of morpholine rings is 1. The molecule has 4 atom stereocenters. The maximum atomic E-state index is 5.65. The number of hydrogen-bond donors (Lipinski definition) is 2. The summed E-state index contributed by atoms with van der Waals surface area (Å²) in [5.41, 5.74) is 0. The van der Waals surface area contributed by atoms with Crippen LogP contribution in [0.2, 0.25) is 0 Å². The topological polar surface area (TPSA) is 36.5 Å². The summed E-state index contributed by atoms with van der Waals surface area (Å²) < 4.78 is 5.65. The van der Waals surface area contributed by atoms with Crippen LogP contribution in [0.25, 0.3) is 0 Å². The Morgan fingerprint density at radius 1 is 1.29 bits per heavy atom. The third-order valence-electron chi connectivity index (χ3n) is 5.53. The molecule has 4 unspecified atom stereocenters. The van der Waals surface area contributed by atoms with Crippen LogP contribution in [-0.4, -0.2) is 62.4 Å². The molecule has 0 bridgehead atoms. The van der Waals surface area contributed by atoms with Crippen LogP contribution in [-0.2, 0) is 4.74 Å². The number of hydrogen-bond acceptors (Lipinski definition) is 4. The highest BCUT2D eigenvalue weighted by Gasteiger charge is 2.35. The molecule has 1 aliphatic heterocycles. The normalized spacial score (nSPS) is 34.7. The highest BCUT2D eigenvalue weighted by Crippen LogP contribution is 2.30. The van der Waals surface area contributed by atoms with Gasteiger partial charge in [-0.3, -0.25) is 4.90 Å². The second-order valence-corrected chi connectivity index (χ2v) is 6.99. The molecule has 0 aromatic rings. The molecule has 5 heteroatoms. The summed E-state index contributed by atoms with van der Waals surface area (Å²) in [7, 11) is 2.28. The Labute approximate surface area is 135 Å². The van der Waals surface area contributed by atoms with Crippen LogP contribution in [0.4, 0.5) is 0 Å². The molecule has 0 radical (unpaired) electrons. The first-order valence-electron chi connectivity index (χ1n) is 8.52. The molecule has 2 N–H and O–H groups in total. The van der Waals surface area contributed by atoms with Gasteiger partial charge in [0.25, 0.3) is 0 Å². The van der Waals surface area contributed by atoms with E-state index in [0.29, 0.717) is 18.1 Å². The Morgan fingerprint density at radius 2 is 2.10 bits per heavy atom. The standard InChI is InChI=1S/C16H31N3O.ClH/c1-12(19(2)13-6-7-13)10-18-15-5-3-4-14(15)16-11-20-9-8-17-16;/h12-18H,3-11H2,1-2H3;1H. The molecule has 0 amide bonds. The van der Waals surface area contributed by atoms with Crippen molar-refractivity contribution in [1.82, 2.24) is 15.5 Å². The van der Waals surface area contributed by atoms with Crippen molar-refractivity contribution in [2.24, 2.45) is 5.92 Å². The number of ether oxygens (including phenoxy) is 1. The summed E-state index contributed by atoms with van der Waals surface area (Å²) in [5, 5.41) is 7.51. The summed E-state index contributed by atoms with van der Waals surface area (Å²) in [6.45, 7) is 6.29. The molecular formula is C16H32ClN3O. The number of likely N-dealkylation sites (N-methyl/N-ethyl adjacent to an activating group) is 1. The van der Waals surface area contributed by atoms with Gasteiger partial charge in [-0.05, 0) is 45.6 Å². The molecule has 0 aromatic carbocycles. The summed E-state index contributed by atoms with van der Waals surface area (Å²) >= 11 is 0. The highest BCUT2D eigenvalue weighted by atomic mass is 35.5. The van der Waals surface area contributed by atoms with E-state index in [2.05, 4.69) is 29.5 Å². The van der Waals surface area contributed by atoms with E-state index in [-0.39, 0.29) is 12.4 Å². The fourth-order valence-corrected chi connectivity index (χ4v) is 3.89. The molecular weight excluding hydrogens is 286 g/mol. The SMILES string of the molecule is CC(CNC1CCCC1C1COCCN1)N(C)C1CC1.Cl. The molecule has 2 aliphatic carbocycles. The average Bonchev–Trinajstić information content (AvgIpc) is 3.23. The van der Waals surface area contributed by atoms with Crippen molar-refractivity contribution in [3.05, 3.63) is 0 Å². The van der Waals surface area contributed by atoms with E-state index in [1.807, 2.05) is 0 Å². The van der Waals surface area contributed by atoms with Gasteiger partial charge in [-0.15, -0.1) is 12.4 Å². The molecule has 4 nitrogen and oxygen atoms in total. The van der Waals surface area contributed by atoms with Gasteiger partial charge >= 0.3 is 0 Å². The Bertz CT molecular complexity index is 308. The first-order valence-corrected chi connectivity index (χ1v) is 8.52. The van der Waals surface area contributed by atoms with Crippen LogP contribution in [0, 0.1) is 5.92 Å². The van der Waals surface area contributed by atoms with Gasteiger partial charge in [-0.2, -0.15) is 0 Å². The zero-order chi connectivity index (χ0) is 13.9. The lowest BCUT2D eigenvalue weighted by molar-refractivity contribution is 0.0520. The molecule has 1 saturated heterocycles. The van der Waals surface area contributed by atoms with E-state index < -0.39 is 0 Å². The lowest BCUT2D eigenvalue weighted by Gasteiger charge is -2.34. The monoisotopic (exact) mass is 317 g/mol. The van der Waals surface area contributed by atoms with Crippen LogP contribution >= 0.6 is 12.4 Å². The molecule has 0 spiro atoms. The van der Waals surface area contributed by atoms with E-state index in [1.165, 1.54) is 32.1 Å². The Morgan fingerprint density at radius 3 is 2.76 bits per heavy atom. The van der Waals surface area contributed by atoms with Crippen molar-refractivity contribution >= 4 is 12.4 Å². The van der Waals surface area contributed by atoms with Crippen molar-refractivity contribution in [2.75, 3.05) is 33.4 Å². The van der Waals surface area contributed by atoms with Crippen molar-refractivity contribution in [2.45, 2.75) is 63.2 Å². The van der Waals surface area contributed by atoms with Crippen LogP contribution in [0.1, 0.15) is 39.0 Å². The molecule has 3 aliphatic rings. The predicted molar refractivity (Wildman–Crippen MR) is 89.2 cm³/mol. The quantitative estimate of drug-likeness (QED) is 0.781. The summed E-state index contributed by atoms with van der Waals surface area (Å²) in [6, 6.07) is 2.77. The molecule has 21 heavy (non-hydrogen) atoms. The predicted octanol–water partition coefficient (Wildman–Crippen LogP) is 1.64. The van der Waals surface area contributed by atoms with Crippen molar-refractivity contribution < 1.29 is 4.74 Å². The fraction of sp³-hybridized carbons (Fsp3) is 1.00. The lowest BCUT2D eigenvalue weighted by Crippen LogP contribution is -2.52. The van der Waals surface area contributed by atoms with Gasteiger partial charge in [0, 0.05) is 37.3 Å². The number of halogens is 1. The zero-order valence-corrected chi connectivity index (χ0v) is 14.3. The van der Waals surface area contributed by atoms with Crippen molar-refractivity contribution in [3.8, 4) is 0 Å². The van der Waals surface area contributed by atoms with Crippen LogP contribution in [0.15, 0.2) is 0 Å². The molecule has 1 heterocycles. The maximum Gasteiger partial charge on any atom is 0.0623 e. The van der Waals surface area contributed by atoms with Gasteiger partial charge < -0.3 is 15.4 Å². The zero-order valence-electron chi connectivity index (χ0n) is 13.5. The fourth-order valence-electron chi connectivity index (χ4n) is 3.89. The molecule has 3 fully saturated rings. The van der Waals surface area contributed by atoms with Crippen molar-refractivity contribution in [1.29, 1.82) is 0 Å². The smallest absolute Gasteiger partial charge is 0.0623 e. The molecule has 124 valence electrons. The summed E-state index contributed by atoms with van der Waals surface area (Å²) in [4.78, 5) is 2.55. The van der Waals surface area contributed by atoms with Gasteiger partial charge in [0.2, 0.25) is 0 Å². The van der Waals surface area contributed by atoms with E-state index in [9.17, 15) is 0 Å². The van der Waals surface area contributed by atoms with E-state index >= 15 is 0 Å². The van der Waals surface area contributed by atoms with Gasteiger partial charge in [0.05, 0.1) is 13.2 Å². The second kappa shape index (κ2) is 8.11. The highest BCUT2D eigenvalue weighted by molar-refractivity contribution is 5.85. The van der Waals surface area contributed by atoms with E-state index in [1.54, 1.807) is 0 Å². The summed E-state index contributed by atoms with van der Waals surface area (Å²) in [6.07, 6.45) is 6.86. The third kappa shape index (κ3) is 4.55. The minimum absolute atomic E-state index is 0. The number of rotatable bonds is 6. The van der Waals surface area contributed by atoms with E-state index in [0.717, 1.165) is 38.3 Å². The largest absolute Gasteiger partial charge is 0.379 e. The minimum atomic E-state index is 0. The summed E-state index contributed by atoms with van der Waals surface area (Å²) in [5.74, 6) is 0.758. The molecule has 0 aromatic heterocycles. The number of nitrogens with one attached hydrogen (secondary N) is 2. The Balaban J connectivity index is 0.00000161. The second-order valence-electron chi connectivity index (χ2n) is 6.99.